The Hall–Kier alpha value is -1.30. The van der Waals surface area contributed by atoms with Crippen LogP contribution in [-0.2, 0) is 0 Å². The second-order valence-corrected chi connectivity index (χ2v) is 5.84. The molecule has 0 amide bonds. The quantitative estimate of drug-likeness (QED) is 0.738. The molecule has 0 unspecified atom stereocenters. The van der Waals surface area contributed by atoms with Crippen molar-refractivity contribution in [3.05, 3.63) is 34.2 Å². The van der Waals surface area contributed by atoms with E-state index in [9.17, 15) is 18.0 Å². The van der Waals surface area contributed by atoms with Gasteiger partial charge in [0, 0.05) is 23.2 Å². The Kier molecular flexibility index (Phi) is 3.36. The monoisotopic (exact) mass is 345 g/mol. The molecule has 2 nitrogen and oxygen atoms in total. The van der Waals surface area contributed by atoms with E-state index in [1.807, 2.05) is 4.57 Å². The van der Waals surface area contributed by atoms with Gasteiger partial charge in [0.05, 0.1) is 9.99 Å². The van der Waals surface area contributed by atoms with Crippen molar-refractivity contribution in [3.63, 3.8) is 0 Å². The number of rotatable bonds is 3. The fraction of sp³-hybridized carbons (Fsp3) is 0.357. The number of carbonyl (C=O) groups excluding carboxylic acids is 1. The number of aromatic nitrogens is 1. The van der Waals surface area contributed by atoms with Crippen molar-refractivity contribution in [2.75, 3.05) is 0 Å². The maximum atomic E-state index is 13.6. The zero-order chi connectivity index (χ0) is 14.4. The number of fused-ring (bicyclic) bond motifs is 1. The molecule has 20 heavy (non-hydrogen) atoms. The van der Waals surface area contributed by atoms with Crippen LogP contribution in [0, 0.1) is 5.82 Å². The van der Waals surface area contributed by atoms with Gasteiger partial charge in [0.2, 0.25) is 5.78 Å². The van der Waals surface area contributed by atoms with Crippen LogP contribution in [0.4, 0.5) is 13.2 Å². The van der Waals surface area contributed by atoms with E-state index in [4.69, 9.17) is 0 Å². The summed E-state index contributed by atoms with van der Waals surface area (Å²) in [4.78, 5) is 11.6. The summed E-state index contributed by atoms with van der Waals surface area (Å²) in [5.74, 6) is -1.82. The van der Waals surface area contributed by atoms with Crippen molar-refractivity contribution in [1.29, 1.82) is 0 Å². The largest absolute Gasteiger partial charge is 0.344 e. The summed E-state index contributed by atoms with van der Waals surface area (Å²) in [7, 11) is 0. The van der Waals surface area contributed by atoms with Gasteiger partial charge in [-0.3, -0.25) is 4.79 Å². The van der Waals surface area contributed by atoms with Gasteiger partial charge in [0.1, 0.15) is 5.82 Å². The molecule has 106 valence electrons. The van der Waals surface area contributed by atoms with Gasteiger partial charge in [-0.1, -0.05) is 0 Å². The van der Waals surface area contributed by atoms with Crippen LogP contribution in [0.3, 0.4) is 0 Å². The highest BCUT2D eigenvalue weighted by Crippen LogP contribution is 2.37. The van der Waals surface area contributed by atoms with Gasteiger partial charge >= 0.3 is 6.43 Å². The van der Waals surface area contributed by atoms with Crippen LogP contribution < -0.4 is 0 Å². The Morgan fingerprint density at radius 2 is 2.05 bits per heavy atom. The van der Waals surface area contributed by atoms with E-state index < -0.39 is 18.0 Å². The molecule has 3 rings (SSSR count). The second-order valence-electron chi connectivity index (χ2n) is 4.98. The van der Waals surface area contributed by atoms with E-state index in [0.29, 0.717) is 5.52 Å². The van der Waals surface area contributed by atoms with Crippen LogP contribution in [0.15, 0.2) is 22.8 Å². The number of ketones is 1. The molecule has 1 saturated carbocycles. The van der Waals surface area contributed by atoms with E-state index in [-0.39, 0.29) is 21.5 Å². The van der Waals surface area contributed by atoms with E-state index in [2.05, 4.69) is 15.9 Å². The number of Topliss-reactive ketones (excluding diaryl/α,β-unsaturated/α-hetero) is 1. The van der Waals surface area contributed by atoms with Crippen molar-refractivity contribution in [2.45, 2.75) is 31.7 Å². The van der Waals surface area contributed by atoms with Gasteiger partial charge in [0.15, 0.2) is 0 Å². The maximum absolute atomic E-state index is 13.6. The molecule has 1 heterocycles. The summed E-state index contributed by atoms with van der Waals surface area (Å²) < 4.78 is 41.1. The SMILES string of the molecule is O=C(c1cn(C2CCC2)c2cc(Br)c(F)cc12)C(F)F. The van der Waals surface area contributed by atoms with Crippen molar-refractivity contribution in [3.8, 4) is 0 Å². The Balaban J connectivity index is 2.24. The number of hydrogen-bond acceptors (Lipinski definition) is 1. The minimum absolute atomic E-state index is 0.103. The summed E-state index contributed by atoms with van der Waals surface area (Å²) in [5.41, 5.74) is 0.514. The first-order valence-corrected chi connectivity index (χ1v) is 7.10. The van der Waals surface area contributed by atoms with Gasteiger partial charge in [-0.2, -0.15) is 0 Å². The van der Waals surface area contributed by atoms with Crippen LogP contribution in [0.25, 0.3) is 10.9 Å². The molecule has 0 spiro atoms. The summed E-state index contributed by atoms with van der Waals surface area (Å²) in [6.07, 6.45) is 1.32. The van der Waals surface area contributed by atoms with Crippen LogP contribution >= 0.6 is 15.9 Å². The maximum Gasteiger partial charge on any atom is 0.300 e. The fourth-order valence-electron chi connectivity index (χ4n) is 2.52. The summed E-state index contributed by atoms with van der Waals surface area (Å²) >= 11 is 3.09. The first-order valence-electron chi connectivity index (χ1n) is 6.31. The smallest absolute Gasteiger partial charge is 0.300 e. The molecule has 1 aromatic heterocycles. The van der Waals surface area contributed by atoms with Crippen molar-refractivity contribution >= 4 is 32.6 Å². The number of nitrogens with zero attached hydrogens (tertiary/aromatic N) is 1. The average molecular weight is 346 g/mol. The predicted molar refractivity (Wildman–Crippen MR) is 72.8 cm³/mol. The van der Waals surface area contributed by atoms with Gasteiger partial charge in [-0.15, -0.1) is 0 Å². The molecule has 0 saturated heterocycles. The minimum Gasteiger partial charge on any atom is -0.344 e. The van der Waals surface area contributed by atoms with Crippen LogP contribution in [-0.4, -0.2) is 16.8 Å². The van der Waals surface area contributed by atoms with E-state index in [0.717, 1.165) is 25.3 Å². The van der Waals surface area contributed by atoms with Crippen molar-refractivity contribution < 1.29 is 18.0 Å². The summed E-state index contributed by atoms with van der Waals surface area (Å²) in [6.45, 7) is 0. The fourth-order valence-corrected chi connectivity index (χ4v) is 2.86. The van der Waals surface area contributed by atoms with E-state index in [1.165, 1.54) is 6.20 Å². The molecule has 2 aromatic rings. The van der Waals surface area contributed by atoms with Gasteiger partial charge < -0.3 is 4.57 Å². The molecule has 0 radical (unpaired) electrons. The molecule has 0 aliphatic heterocycles. The number of alkyl halides is 2. The summed E-state index contributed by atoms with van der Waals surface area (Å²) in [5, 5.41) is 0.253. The van der Waals surface area contributed by atoms with Crippen molar-refractivity contribution in [2.24, 2.45) is 0 Å². The Labute approximate surface area is 121 Å². The Morgan fingerprint density at radius 3 is 2.60 bits per heavy atom. The van der Waals surface area contributed by atoms with Gasteiger partial charge in [0.25, 0.3) is 0 Å². The van der Waals surface area contributed by atoms with E-state index >= 15 is 0 Å². The zero-order valence-corrected chi connectivity index (χ0v) is 12.0. The lowest BCUT2D eigenvalue weighted by molar-refractivity contribution is 0.0680. The highest BCUT2D eigenvalue weighted by Gasteiger charge is 2.27. The van der Waals surface area contributed by atoms with E-state index in [1.54, 1.807) is 6.07 Å². The third kappa shape index (κ3) is 2.06. The first kappa shape index (κ1) is 13.7. The Morgan fingerprint density at radius 1 is 1.35 bits per heavy atom. The molecule has 1 aliphatic rings. The molecular weight excluding hydrogens is 335 g/mol. The number of hydrogen-bond donors (Lipinski definition) is 0. The number of carbonyl (C=O) groups is 1. The topological polar surface area (TPSA) is 22.0 Å². The lowest BCUT2D eigenvalue weighted by Gasteiger charge is -2.28. The lowest BCUT2D eigenvalue weighted by atomic mass is 9.93. The standard InChI is InChI=1S/C14H11BrF3NO/c15-10-5-12-8(4-11(10)16)9(13(20)14(17)18)6-19(12)7-2-1-3-7/h4-7,14H,1-3H2. The summed E-state index contributed by atoms with van der Waals surface area (Å²) in [6, 6.07) is 2.89. The molecule has 1 aliphatic carbocycles. The predicted octanol–water partition coefficient (Wildman–Crippen LogP) is 4.72. The molecule has 0 bridgehead atoms. The zero-order valence-electron chi connectivity index (χ0n) is 10.4. The Bertz CT molecular complexity index is 691. The number of benzene rings is 1. The van der Waals surface area contributed by atoms with Crippen LogP contribution in [0.5, 0.6) is 0 Å². The lowest BCUT2D eigenvalue weighted by Crippen LogP contribution is -2.16. The van der Waals surface area contributed by atoms with Crippen molar-refractivity contribution in [1.82, 2.24) is 4.57 Å². The molecule has 0 atom stereocenters. The average Bonchev–Trinajstić information content (AvgIpc) is 2.66. The van der Waals surface area contributed by atoms with Crippen LogP contribution in [0.1, 0.15) is 35.7 Å². The third-order valence-electron chi connectivity index (χ3n) is 3.81. The minimum atomic E-state index is -3.08. The first-order chi connectivity index (χ1) is 9.49. The second kappa shape index (κ2) is 4.91. The normalized spacial score (nSPS) is 15.8. The molecule has 6 heteroatoms. The molecule has 1 fully saturated rings. The van der Waals surface area contributed by atoms with Gasteiger partial charge in [-0.05, 0) is 47.3 Å². The highest BCUT2D eigenvalue weighted by atomic mass is 79.9. The molecular formula is C14H11BrF3NO. The van der Waals surface area contributed by atoms with Gasteiger partial charge in [-0.25, -0.2) is 13.2 Å². The molecule has 0 N–H and O–H groups in total. The van der Waals surface area contributed by atoms with Crippen LogP contribution in [0.2, 0.25) is 0 Å². The third-order valence-corrected chi connectivity index (χ3v) is 4.41. The molecule has 1 aromatic carbocycles. The number of halogens is 4. The highest BCUT2D eigenvalue weighted by molar-refractivity contribution is 9.10.